The van der Waals surface area contributed by atoms with E-state index in [0.29, 0.717) is 48.4 Å². The summed E-state index contributed by atoms with van der Waals surface area (Å²) >= 11 is 0. The number of carbonyl (C=O) groups is 2. The Morgan fingerprint density at radius 1 is 1.00 bits per heavy atom. The number of carboxylic acid groups (broad SMARTS) is 1. The maximum absolute atomic E-state index is 12.4. The number of pyridine rings is 1. The highest BCUT2D eigenvalue weighted by atomic mass is 35.5. The second-order valence-corrected chi connectivity index (χ2v) is 8.14. The minimum absolute atomic E-state index is 0. The number of rotatable bonds is 12. The van der Waals surface area contributed by atoms with Gasteiger partial charge in [0.25, 0.3) is 5.91 Å². The number of oxazole rings is 1. The first kappa shape index (κ1) is 28.2. The number of methoxy groups -OCH3 is 1. The molecule has 38 heavy (non-hydrogen) atoms. The van der Waals surface area contributed by atoms with Crippen molar-refractivity contribution >= 4 is 11.9 Å². The van der Waals surface area contributed by atoms with Crippen molar-refractivity contribution in [3.05, 3.63) is 95.4 Å². The molecule has 0 bridgehead atoms. The molecule has 2 aromatic heterocycles. The topological polar surface area (TPSA) is 124 Å². The van der Waals surface area contributed by atoms with E-state index >= 15 is 0 Å². The zero-order chi connectivity index (χ0) is 26.0. The first-order valence-electron chi connectivity index (χ1n) is 11.8. The van der Waals surface area contributed by atoms with Crippen molar-refractivity contribution in [2.75, 3.05) is 13.7 Å². The summed E-state index contributed by atoms with van der Waals surface area (Å²) < 4.78 is 17.0. The fourth-order valence-corrected chi connectivity index (χ4v) is 3.73. The van der Waals surface area contributed by atoms with Crippen LogP contribution in [0.25, 0.3) is 11.5 Å². The molecule has 0 radical (unpaired) electrons. The Hall–Kier alpha value is -4.37. The summed E-state index contributed by atoms with van der Waals surface area (Å²) in [7, 11) is 1.53. The Bertz CT molecular complexity index is 1350. The maximum Gasteiger partial charge on any atom is 0.308 e. The number of carboxylic acids is 1. The lowest BCUT2D eigenvalue weighted by atomic mass is 10.0. The highest BCUT2D eigenvalue weighted by molar-refractivity contribution is 5.92. The molecule has 0 saturated carbocycles. The molecule has 9 nitrogen and oxygen atoms in total. The van der Waals surface area contributed by atoms with Gasteiger partial charge in [0.05, 0.1) is 13.7 Å². The van der Waals surface area contributed by atoms with Gasteiger partial charge in [-0.3, -0.25) is 14.6 Å². The molecular formula is C28H27ClN3O6-. The lowest BCUT2D eigenvalue weighted by molar-refractivity contribution is -0.136. The molecule has 0 aliphatic rings. The van der Waals surface area contributed by atoms with Crippen molar-refractivity contribution in [1.82, 2.24) is 15.3 Å². The highest BCUT2D eigenvalue weighted by Gasteiger charge is 2.16. The number of aromatic nitrogens is 2. The summed E-state index contributed by atoms with van der Waals surface area (Å²) in [4.78, 5) is 32.2. The van der Waals surface area contributed by atoms with Gasteiger partial charge in [-0.2, -0.15) is 0 Å². The predicted octanol–water partition coefficient (Wildman–Crippen LogP) is 1.32. The second-order valence-electron chi connectivity index (χ2n) is 8.14. The van der Waals surface area contributed by atoms with E-state index in [9.17, 15) is 9.59 Å². The number of carbonyl (C=O) groups excluding carboxylic acids is 1. The fourth-order valence-electron chi connectivity index (χ4n) is 3.73. The van der Waals surface area contributed by atoms with E-state index in [1.165, 1.54) is 7.11 Å². The summed E-state index contributed by atoms with van der Waals surface area (Å²) in [5, 5.41) is 11.9. The van der Waals surface area contributed by atoms with E-state index in [1.807, 2.05) is 42.5 Å². The lowest BCUT2D eigenvalue weighted by Crippen LogP contribution is -3.00. The van der Waals surface area contributed by atoms with Crippen LogP contribution in [0.15, 0.2) is 77.3 Å². The number of hydrogen-bond acceptors (Lipinski definition) is 7. The third-order valence-electron chi connectivity index (χ3n) is 5.60. The molecule has 10 heteroatoms. The molecule has 0 fully saturated rings. The average molecular weight is 537 g/mol. The van der Waals surface area contributed by atoms with Crippen LogP contribution in [0, 0.1) is 0 Å². The lowest BCUT2D eigenvalue weighted by Gasteiger charge is -2.13. The second kappa shape index (κ2) is 13.8. The SMILES string of the molecule is COc1oc(-c2ccccc2)nc1CCOc1ccc(CCC(=O)O)c(CNC(=O)c2ccccn2)c1.[Cl-]. The molecule has 2 heterocycles. The Morgan fingerprint density at radius 3 is 2.50 bits per heavy atom. The number of halogens is 1. The molecule has 0 saturated heterocycles. The Kier molecular flexibility index (Phi) is 10.2. The Labute approximate surface area is 226 Å². The molecule has 4 aromatic rings. The van der Waals surface area contributed by atoms with Crippen LogP contribution in [0.4, 0.5) is 0 Å². The van der Waals surface area contributed by atoms with E-state index in [0.717, 1.165) is 16.7 Å². The molecule has 2 aromatic carbocycles. The maximum atomic E-state index is 12.4. The molecule has 0 aliphatic carbocycles. The molecule has 0 spiro atoms. The van der Waals surface area contributed by atoms with E-state index in [-0.39, 0.29) is 31.3 Å². The van der Waals surface area contributed by atoms with Crippen molar-refractivity contribution in [1.29, 1.82) is 0 Å². The number of ether oxygens (including phenoxy) is 2. The van der Waals surface area contributed by atoms with Crippen LogP contribution < -0.4 is 27.2 Å². The van der Waals surface area contributed by atoms with E-state index in [1.54, 1.807) is 30.5 Å². The molecule has 2 N–H and O–H groups in total. The van der Waals surface area contributed by atoms with Crippen molar-refractivity contribution in [3.63, 3.8) is 0 Å². The summed E-state index contributed by atoms with van der Waals surface area (Å²) in [6, 6.07) is 20.1. The third kappa shape index (κ3) is 7.57. The fraction of sp³-hybridized carbons (Fsp3) is 0.214. The molecule has 4 rings (SSSR count). The van der Waals surface area contributed by atoms with Gasteiger partial charge >= 0.3 is 11.9 Å². The standard InChI is InChI=1S/C28H27N3O6.ClH/c1-35-28-24(31-27(37-28)20-7-3-2-4-8-20)14-16-36-22-12-10-19(11-13-25(32)33)21(17-22)18-30-26(34)23-9-5-6-15-29-23;/h2-10,12,15,17H,11,13-14,16,18H2,1H3,(H,30,34)(H,32,33);1H/p-1. The number of nitrogens with zero attached hydrogens (tertiary/aromatic N) is 2. The normalized spacial score (nSPS) is 10.3. The summed E-state index contributed by atoms with van der Waals surface area (Å²) in [5.41, 5.74) is 3.39. The van der Waals surface area contributed by atoms with Crippen LogP contribution in [0.5, 0.6) is 11.7 Å². The highest BCUT2D eigenvalue weighted by Crippen LogP contribution is 2.28. The molecule has 0 unspecified atom stereocenters. The molecule has 0 aliphatic heterocycles. The zero-order valence-corrected chi connectivity index (χ0v) is 21.5. The summed E-state index contributed by atoms with van der Waals surface area (Å²) in [5.74, 6) is 0.196. The average Bonchev–Trinajstić information content (AvgIpc) is 3.35. The largest absolute Gasteiger partial charge is 1.00 e. The van der Waals surface area contributed by atoms with Crippen LogP contribution in [-0.2, 0) is 24.2 Å². The van der Waals surface area contributed by atoms with Gasteiger partial charge in [-0.05, 0) is 53.9 Å². The van der Waals surface area contributed by atoms with E-state index in [2.05, 4.69) is 15.3 Å². The number of benzene rings is 2. The van der Waals surface area contributed by atoms with E-state index < -0.39 is 5.97 Å². The van der Waals surface area contributed by atoms with Crippen LogP contribution in [0.1, 0.15) is 33.7 Å². The monoisotopic (exact) mass is 536 g/mol. The van der Waals surface area contributed by atoms with Crippen LogP contribution in [0.3, 0.4) is 0 Å². The number of aliphatic carboxylic acids is 1. The first-order valence-corrected chi connectivity index (χ1v) is 11.8. The van der Waals surface area contributed by atoms with Gasteiger partial charge in [-0.1, -0.05) is 30.3 Å². The first-order chi connectivity index (χ1) is 18.0. The Balaban J connectivity index is 0.00000400. The van der Waals surface area contributed by atoms with Gasteiger partial charge in [0.15, 0.2) is 0 Å². The van der Waals surface area contributed by atoms with Crippen LogP contribution in [-0.4, -0.2) is 40.7 Å². The molecule has 1 amide bonds. The van der Waals surface area contributed by atoms with Gasteiger partial charge in [0, 0.05) is 31.1 Å². The predicted molar refractivity (Wildman–Crippen MR) is 135 cm³/mol. The van der Waals surface area contributed by atoms with Crippen molar-refractivity contribution in [2.24, 2.45) is 0 Å². The minimum atomic E-state index is -0.889. The zero-order valence-electron chi connectivity index (χ0n) is 20.7. The Morgan fingerprint density at radius 2 is 1.79 bits per heavy atom. The van der Waals surface area contributed by atoms with Crippen molar-refractivity contribution < 1.29 is 41.0 Å². The van der Waals surface area contributed by atoms with Crippen LogP contribution in [0.2, 0.25) is 0 Å². The number of amides is 1. The third-order valence-corrected chi connectivity index (χ3v) is 5.60. The smallest absolute Gasteiger partial charge is 0.308 e. The molecule has 198 valence electrons. The van der Waals surface area contributed by atoms with Gasteiger partial charge in [0.2, 0.25) is 5.89 Å². The molecule has 0 atom stereocenters. The molecular weight excluding hydrogens is 510 g/mol. The minimum Gasteiger partial charge on any atom is -1.00 e. The quantitative estimate of drug-likeness (QED) is 0.278. The van der Waals surface area contributed by atoms with Gasteiger partial charge in [-0.15, -0.1) is 0 Å². The van der Waals surface area contributed by atoms with Gasteiger partial charge in [0.1, 0.15) is 17.1 Å². The summed E-state index contributed by atoms with van der Waals surface area (Å²) in [6.45, 7) is 0.518. The van der Waals surface area contributed by atoms with Crippen molar-refractivity contribution in [2.45, 2.75) is 25.8 Å². The van der Waals surface area contributed by atoms with Gasteiger partial charge < -0.3 is 36.7 Å². The number of hydrogen-bond donors (Lipinski definition) is 2. The summed E-state index contributed by atoms with van der Waals surface area (Å²) in [6.07, 6.45) is 2.32. The number of aryl methyl sites for hydroxylation is 1. The van der Waals surface area contributed by atoms with Crippen LogP contribution >= 0.6 is 0 Å². The van der Waals surface area contributed by atoms with E-state index in [4.69, 9.17) is 19.0 Å². The number of nitrogens with one attached hydrogen (secondary N) is 1. The van der Waals surface area contributed by atoms with Gasteiger partial charge in [-0.25, -0.2) is 4.98 Å². The van der Waals surface area contributed by atoms with Crippen molar-refractivity contribution in [3.8, 4) is 23.1 Å².